The van der Waals surface area contributed by atoms with E-state index in [0.717, 1.165) is 25.3 Å². The first-order chi connectivity index (χ1) is 9.77. The maximum absolute atomic E-state index is 12.1. The molecular weight excluding hydrogens is 262 g/mol. The molecule has 2 rings (SSSR count). The molecule has 4 heteroatoms. The van der Waals surface area contributed by atoms with Gasteiger partial charge < -0.3 is 0 Å². The Morgan fingerprint density at radius 3 is 2.67 bits per heavy atom. The summed E-state index contributed by atoms with van der Waals surface area (Å²) in [6.07, 6.45) is 2.39. The third-order valence-corrected chi connectivity index (χ3v) is 4.12. The Hall–Kier alpha value is -1.16. The van der Waals surface area contributed by atoms with Crippen molar-refractivity contribution in [1.82, 2.24) is 14.7 Å². The van der Waals surface area contributed by atoms with Crippen LogP contribution in [0.3, 0.4) is 0 Å². The van der Waals surface area contributed by atoms with Crippen molar-refractivity contribution < 1.29 is 0 Å². The van der Waals surface area contributed by atoms with Gasteiger partial charge in [-0.15, -0.1) is 0 Å². The first-order valence-electron chi connectivity index (χ1n) is 8.10. The lowest BCUT2D eigenvalue weighted by molar-refractivity contribution is 0.201. The van der Waals surface area contributed by atoms with Gasteiger partial charge >= 0.3 is 0 Å². The molecule has 1 unspecified atom stereocenters. The molecule has 4 nitrogen and oxygen atoms in total. The molecule has 0 bridgehead atoms. The molecule has 0 aromatic carbocycles. The number of aromatic nitrogens is 2. The van der Waals surface area contributed by atoms with Crippen LogP contribution in [-0.2, 0) is 12.0 Å². The molecular formula is C17H29N3O. The Morgan fingerprint density at radius 2 is 2.05 bits per heavy atom. The summed E-state index contributed by atoms with van der Waals surface area (Å²) < 4.78 is 1.67. The fourth-order valence-corrected chi connectivity index (χ4v) is 2.99. The number of nitrogens with zero attached hydrogens (tertiary/aromatic N) is 3. The largest absolute Gasteiger partial charge is 0.298 e. The highest BCUT2D eigenvalue weighted by Crippen LogP contribution is 2.21. The lowest BCUT2D eigenvalue weighted by atomic mass is 9.92. The average molecular weight is 291 g/mol. The van der Waals surface area contributed by atoms with Crippen LogP contribution in [0.4, 0.5) is 0 Å². The smallest absolute Gasteiger partial charge is 0.266 e. The van der Waals surface area contributed by atoms with Gasteiger partial charge in [-0.1, -0.05) is 34.6 Å². The van der Waals surface area contributed by atoms with Crippen LogP contribution >= 0.6 is 0 Å². The fourth-order valence-electron chi connectivity index (χ4n) is 2.99. The van der Waals surface area contributed by atoms with Crippen molar-refractivity contribution in [2.24, 2.45) is 5.92 Å². The third-order valence-electron chi connectivity index (χ3n) is 4.12. The van der Waals surface area contributed by atoms with Gasteiger partial charge in [-0.2, -0.15) is 5.10 Å². The van der Waals surface area contributed by atoms with Crippen LogP contribution in [0.1, 0.15) is 53.2 Å². The zero-order valence-electron chi connectivity index (χ0n) is 14.1. The van der Waals surface area contributed by atoms with E-state index in [-0.39, 0.29) is 11.0 Å². The monoisotopic (exact) mass is 291 g/mol. The van der Waals surface area contributed by atoms with Crippen LogP contribution in [0.25, 0.3) is 0 Å². The minimum Gasteiger partial charge on any atom is -0.298 e. The molecule has 0 N–H and O–H groups in total. The normalized spacial score (nSPS) is 20.4. The number of hydrogen-bond donors (Lipinski definition) is 0. The van der Waals surface area contributed by atoms with Crippen molar-refractivity contribution in [3.8, 4) is 0 Å². The van der Waals surface area contributed by atoms with Crippen LogP contribution < -0.4 is 5.56 Å². The highest BCUT2D eigenvalue weighted by atomic mass is 16.1. The average Bonchev–Trinajstić information content (AvgIpc) is 2.77. The highest BCUT2D eigenvalue weighted by molar-refractivity contribution is 5.10. The van der Waals surface area contributed by atoms with Crippen LogP contribution in [-0.4, -0.2) is 33.8 Å². The zero-order chi connectivity index (χ0) is 15.6. The molecule has 0 radical (unpaired) electrons. The van der Waals surface area contributed by atoms with Gasteiger partial charge in [0.25, 0.3) is 5.56 Å². The summed E-state index contributed by atoms with van der Waals surface area (Å²) >= 11 is 0. The van der Waals surface area contributed by atoms with Gasteiger partial charge in [0, 0.05) is 24.1 Å². The van der Waals surface area contributed by atoms with E-state index in [0.29, 0.717) is 12.0 Å². The summed E-state index contributed by atoms with van der Waals surface area (Å²) in [5, 5.41) is 4.60. The molecule has 0 saturated carbocycles. The third kappa shape index (κ3) is 4.16. The maximum Gasteiger partial charge on any atom is 0.266 e. The molecule has 1 atom stereocenters. The van der Waals surface area contributed by atoms with E-state index in [1.165, 1.54) is 12.8 Å². The SMILES string of the molecule is CC(C)CN1CCCC1Cn1nc(C(C)(C)C)ccc1=O. The molecule has 2 heterocycles. The van der Waals surface area contributed by atoms with E-state index in [1.54, 1.807) is 10.7 Å². The molecule has 1 aliphatic rings. The number of hydrogen-bond acceptors (Lipinski definition) is 3. The van der Waals surface area contributed by atoms with Crippen LogP contribution in [0.5, 0.6) is 0 Å². The first-order valence-corrected chi connectivity index (χ1v) is 8.10. The number of likely N-dealkylation sites (tertiary alicyclic amines) is 1. The highest BCUT2D eigenvalue weighted by Gasteiger charge is 2.26. The predicted octanol–water partition coefficient (Wildman–Crippen LogP) is 2.66. The molecule has 118 valence electrons. The fraction of sp³-hybridized carbons (Fsp3) is 0.765. The summed E-state index contributed by atoms with van der Waals surface area (Å²) in [5.41, 5.74) is 0.970. The molecule has 1 aromatic heterocycles. The van der Waals surface area contributed by atoms with Gasteiger partial charge in [-0.25, -0.2) is 4.68 Å². The van der Waals surface area contributed by atoms with Crippen molar-refractivity contribution in [3.05, 3.63) is 28.2 Å². The Kier molecular flexibility index (Phi) is 4.87. The topological polar surface area (TPSA) is 38.1 Å². The minimum absolute atomic E-state index is 0.0133. The predicted molar refractivity (Wildman–Crippen MR) is 86.6 cm³/mol. The lowest BCUT2D eigenvalue weighted by Crippen LogP contribution is -2.39. The molecule has 0 amide bonds. The molecule has 1 aliphatic heterocycles. The lowest BCUT2D eigenvalue weighted by Gasteiger charge is -2.27. The Morgan fingerprint density at radius 1 is 1.33 bits per heavy atom. The summed E-state index contributed by atoms with van der Waals surface area (Å²) in [7, 11) is 0. The molecule has 1 saturated heterocycles. The minimum atomic E-state index is -0.0251. The van der Waals surface area contributed by atoms with Gasteiger partial charge in [0.1, 0.15) is 0 Å². The van der Waals surface area contributed by atoms with Gasteiger partial charge in [-0.05, 0) is 31.4 Å². The van der Waals surface area contributed by atoms with Crippen molar-refractivity contribution in [1.29, 1.82) is 0 Å². The summed E-state index contributed by atoms with van der Waals surface area (Å²) in [5.74, 6) is 0.663. The van der Waals surface area contributed by atoms with Crippen LogP contribution in [0.15, 0.2) is 16.9 Å². The molecule has 1 aromatic rings. The van der Waals surface area contributed by atoms with E-state index in [4.69, 9.17) is 0 Å². The quantitative estimate of drug-likeness (QED) is 0.856. The van der Waals surface area contributed by atoms with Gasteiger partial charge in [0.2, 0.25) is 0 Å². The molecule has 21 heavy (non-hydrogen) atoms. The van der Waals surface area contributed by atoms with Gasteiger partial charge in [0.05, 0.1) is 12.2 Å². The van der Waals surface area contributed by atoms with E-state index in [2.05, 4.69) is 44.6 Å². The summed E-state index contributed by atoms with van der Waals surface area (Å²) in [6.45, 7) is 13.9. The Bertz CT molecular complexity index is 528. The Labute approximate surface area is 128 Å². The number of rotatable bonds is 4. The second-order valence-electron chi connectivity index (χ2n) is 7.67. The van der Waals surface area contributed by atoms with Crippen LogP contribution in [0, 0.1) is 5.92 Å². The van der Waals surface area contributed by atoms with Gasteiger partial charge in [-0.3, -0.25) is 9.69 Å². The van der Waals surface area contributed by atoms with E-state index in [9.17, 15) is 4.79 Å². The van der Waals surface area contributed by atoms with Crippen molar-refractivity contribution in [2.45, 2.75) is 65.5 Å². The second kappa shape index (κ2) is 6.30. The van der Waals surface area contributed by atoms with Crippen LogP contribution in [0.2, 0.25) is 0 Å². The second-order valence-corrected chi connectivity index (χ2v) is 7.67. The van der Waals surface area contributed by atoms with Gasteiger partial charge in [0.15, 0.2) is 0 Å². The zero-order valence-corrected chi connectivity index (χ0v) is 14.1. The van der Waals surface area contributed by atoms with Crippen molar-refractivity contribution in [2.75, 3.05) is 13.1 Å². The van der Waals surface area contributed by atoms with Crippen molar-refractivity contribution >= 4 is 0 Å². The molecule has 1 fully saturated rings. The standard InChI is InChI=1S/C17H29N3O/c1-13(2)11-19-10-6-7-14(19)12-20-16(21)9-8-15(18-20)17(3,4)5/h8-9,13-14H,6-7,10-12H2,1-5H3. The van der Waals surface area contributed by atoms with Crippen molar-refractivity contribution in [3.63, 3.8) is 0 Å². The summed E-state index contributed by atoms with van der Waals surface area (Å²) in [6, 6.07) is 3.97. The summed E-state index contributed by atoms with van der Waals surface area (Å²) in [4.78, 5) is 14.6. The van der Waals surface area contributed by atoms with E-state index < -0.39 is 0 Å². The molecule has 0 spiro atoms. The maximum atomic E-state index is 12.1. The van der Waals surface area contributed by atoms with E-state index in [1.807, 2.05) is 6.07 Å². The van der Waals surface area contributed by atoms with E-state index >= 15 is 0 Å². The first kappa shape index (κ1) is 16.2. The molecule has 0 aliphatic carbocycles. The Balaban J connectivity index is 2.17.